The summed E-state index contributed by atoms with van der Waals surface area (Å²) >= 11 is 0. The predicted molar refractivity (Wildman–Crippen MR) is 541 cm³/mol. The van der Waals surface area contributed by atoms with E-state index in [9.17, 15) is 40.4 Å². The zero-order chi connectivity index (χ0) is 96.7. The van der Waals surface area contributed by atoms with Gasteiger partial charge in [-0.15, -0.1) is 0 Å². The fourth-order valence-corrected chi connectivity index (χ4v) is 17.3. The van der Waals surface area contributed by atoms with Crippen molar-refractivity contribution in [1.29, 1.82) is 0 Å². The van der Waals surface area contributed by atoms with Crippen molar-refractivity contribution in [1.82, 2.24) is 23.9 Å². The van der Waals surface area contributed by atoms with Crippen molar-refractivity contribution in [3.05, 3.63) is 297 Å². The molecule has 131 heavy (non-hydrogen) atoms. The Balaban J connectivity index is 0.000000228. The number of likely N-dealkylation sites (tertiary alicyclic amines) is 1. The van der Waals surface area contributed by atoms with E-state index in [4.69, 9.17) is 14.2 Å². The molecule has 0 bridgehead atoms. The molecule has 0 unspecified atom stereocenters. The number of sulfonamides is 2. The van der Waals surface area contributed by atoms with Crippen LogP contribution in [0.15, 0.2) is 223 Å². The van der Waals surface area contributed by atoms with E-state index < -0.39 is 20.0 Å². The van der Waals surface area contributed by atoms with E-state index >= 15 is 0 Å². The van der Waals surface area contributed by atoms with Crippen molar-refractivity contribution in [3.63, 3.8) is 0 Å². The first-order valence-corrected chi connectivity index (χ1v) is 50.2. The van der Waals surface area contributed by atoms with E-state index in [0.29, 0.717) is 111 Å². The van der Waals surface area contributed by atoms with Gasteiger partial charge in [-0.3, -0.25) is 23.5 Å². The van der Waals surface area contributed by atoms with Crippen molar-refractivity contribution in [3.8, 4) is 5.75 Å². The van der Waals surface area contributed by atoms with Gasteiger partial charge in [-0.05, 0) is 239 Å². The van der Waals surface area contributed by atoms with Crippen molar-refractivity contribution < 1.29 is 54.6 Å². The van der Waals surface area contributed by atoms with Crippen LogP contribution in [0, 0.1) is 5.82 Å². The van der Waals surface area contributed by atoms with Gasteiger partial charge >= 0.3 is 0 Å². The first kappa shape index (κ1) is 110. The van der Waals surface area contributed by atoms with Gasteiger partial charge < -0.3 is 38.7 Å². The minimum atomic E-state index is -3.29. The number of carbonyl (C=O) groups excluding carboxylic acids is 4. The second-order valence-corrected chi connectivity index (χ2v) is 41.1. The van der Waals surface area contributed by atoms with Gasteiger partial charge in [0.15, 0.2) is 0 Å². The number of benzene rings is 9. The summed E-state index contributed by atoms with van der Waals surface area (Å²) in [6, 6.07) is 70.7. The smallest absolute Gasteiger partial charge is 0.254 e. The molecular weight excluding hydrogens is 1680 g/mol. The standard InChI is InChI=1S/C15H21NO.2C14H19NO2.C13H19N.C12H17NO2S.C12H17NO.C11H17NO2S.C10H14O.C9H11F/c1-12(2)13-6-8-14(9-7-13)15(17)16-10-4-3-5-11-16;2*1-11(2)12-3-5-13(6-4-12)14(16)15-7-9-17-10-8-15;1-11(2)12-5-7-13(8-6-12)14-9-3-4-10-14;1-10(2)11-5-3-6-12(9-11)13-7-4-8-16(13,14)15;1-9(2)10-5-7-11(8-6-10)12(14)13(3)4;1-9(2)10-5-7-11(8-6-10)15(13,14)12(3)4;1-8(2)9-6-4-5-7-10(9)11-3;1-7(2)8-5-3-4-6-9(8)10/h6-9,12H,3-5,10-11H2,1-2H3;2*3-6,11H,7-10H2,1-2H3;5-8,11H,3-4,9-10H2,1-2H3;3,5-6,9-10H,4,7-8H2,1-2H3;5-9H,1-4H3;5-9H,1-4H3;4-8H,1-3H3;3-7H,1-2H3. The van der Waals surface area contributed by atoms with Crippen LogP contribution in [0.25, 0.3) is 0 Å². The molecule has 5 heterocycles. The molecule has 0 aliphatic carbocycles. The van der Waals surface area contributed by atoms with Crippen molar-refractivity contribution in [2.45, 2.75) is 221 Å². The van der Waals surface area contributed by atoms with Crippen molar-refractivity contribution in [2.75, 3.05) is 136 Å². The number of anilines is 2. The highest BCUT2D eigenvalue weighted by Gasteiger charge is 2.29. The van der Waals surface area contributed by atoms with Crippen LogP contribution >= 0.6 is 0 Å². The predicted octanol–water partition coefficient (Wildman–Crippen LogP) is 24.1. The average molecular weight is 1830 g/mol. The first-order valence-electron chi connectivity index (χ1n) is 47.2. The lowest BCUT2D eigenvalue weighted by atomic mass is 10.0. The topological polar surface area (TPSA) is 187 Å². The lowest BCUT2D eigenvalue weighted by molar-refractivity contribution is 0.0301. The summed E-state index contributed by atoms with van der Waals surface area (Å²) in [5, 5.41) is 0. The lowest BCUT2D eigenvalue weighted by Gasteiger charge is -2.26. The largest absolute Gasteiger partial charge is 0.496 e. The quantitative estimate of drug-likeness (QED) is 0.0792. The summed E-state index contributed by atoms with van der Waals surface area (Å²) < 4.78 is 78.3. The Morgan fingerprint density at radius 2 is 0.702 bits per heavy atom. The molecule has 5 aliphatic heterocycles. The third kappa shape index (κ3) is 35.8. The monoisotopic (exact) mass is 1830 g/mol. The molecule has 0 spiro atoms. The third-order valence-electron chi connectivity index (χ3n) is 23.5. The maximum atomic E-state index is 12.8. The number of carbonyl (C=O) groups is 4. The summed E-state index contributed by atoms with van der Waals surface area (Å²) in [5.41, 5.74) is 16.3. The van der Waals surface area contributed by atoms with Crippen molar-refractivity contribution in [2.24, 2.45) is 0 Å². The molecule has 5 saturated heterocycles. The first-order chi connectivity index (χ1) is 62.2. The van der Waals surface area contributed by atoms with Gasteiger partial charge in [-0.25, -0.2) is 25.5 Å². The average Bonchev–Trinajstić information content (AvgIpc) is 1.73. The lowest BCUT2D eigenvalue weighted by Crippen LogP contribution is -2.40. The van der Waals surface area contributed by atoms with Crippen molar-refractivity contribution >= 4 is 55.1 Å². The molecule has 714 valence electrons. The molecule has 5 fully saturated rings. The second kappa shape index (κ2) is 55.5. The maximum Gasteiger partial charge on any atom is 0.254 e. The van der Waals surface area contributed by atoms with Gasteiger partial charge in [-0.2, -0.15) is 0 Å². The van der Waals surface area contributed by atoms with Gasteiger partial charge in [0.05, 0.1) is 49.9 Å². The van der Waals surface area contributed by atoms with Crippen LogP contribution in [0.1, 0.15) is 308 Å². The number of amides is 4. The molecule has 14 rings (SSSR count). The van der Waals surface area contributed by atoms with E-state index in [1.807, 2.05) is 180 Å². The molecule has 4 amide bonds. The zero-order valence-electron chi connectivity index (χ0n) is 82.9. The highest BCUT2D eigenvalue weighted by atomic mass is 32.2. The van der Waals surface area contributed by atoms with E-state index in [0.717, 1.165) is 77.2 Å². The van der Waals surface area contributed by atoms with Crippen LogP contribution in [-0.4, -0.2) is 191 Å². The van der Waals surface area contributed by atoms with E-state index in [1.165, 1.54) is 106 Å². The van der Waals surface area contributed by atoms with E-state index in [-0.39, 0.29) is 41.1 Å². The number of morpholine rings is 2. The van der Waals surface area contributed by atoms with Crippen LogP contribution in [0.3, 0.4) is 0 Å². The Morgan fingerprint density at radius 3 is 1.03 bits per heavy atom. The van der Waals surface area contributed by atoms with Gasteiger partial charge in [0.1, 0.15) is 11.6 Å². The highest BCUT2D eigenvalue weighted by molar-refractivity contribution is 7.93. The van der Waals surface area contributed by atoms with Gasteiger partial charge in [-0.1, -0.05) is 246 Å². The SMILES string of the molecule is CC(C)c1ccc(C(=O)N(C)C)cc1.CC(C)c1ccc(C(=O)N2CCCCC2)cc1.CC(C)c1ccc(C(=O)N2CCOCC2)cc1.CC(C)c1ccc(C(=O)N2CCOCC2)cc1.CC(C)c1ccc(N2CCCC2)cc1.CC(C)c1ccc(S(=O)(=O)N(C)C)cc1.CC(C)c1cccc(N2CCCS2(=O)=O)c1.CC(C)c1ccccc1F.COc1ccccc1C(C)C. The maximum absolute atomic E-state index is 12.8. The normalized spacial score (nSPS) is 14.7. The Morgan fingerprint density at radius 1 is 0.359 bits per heavy atom. The van der Waals surface area contributed by atoms with Crippen LogP contribution in [0.4, 0.5) is 15.8 Å². The summed E-state index contributed by atoms with van der Waals surface area (Å²) in [5.74, 6) is 5.98. The Bertz CT molecular complexity index is 4910. The summed E-state index contributed by atoms with van der Waals surface area (Å²) in [7, 11) is 1.97. The summed E-state index contributed by atoms with van der Waals surface area (Å²) in [4.78, 5) is 58.2. The Hall–Kier alpha value is -10.0. The van der Waals surface area contributed by atoms with E-state index in [2.05, 4.69) is 158 Å². The van der Waals surface area contributed by atoms with E-state index in [1.54, 1.807) is 44.3 Å². The fraction of sp³-hybridized carbons (Fsp3) is 0.473. The molecule has 9 aromatic rings. The number of para-hydroxylation sites is 1. The van der Waals surface area contributed by atoms with Gasteiger partial charge in [0.2, 0.25) is 20.0 Å². The molecule has 0 saturated carbocycles. The number of methoxy groups -OCH3 is 1. The Kier molecular flexibility index (Phi) is 46.5. The molecule has 0 aromatic heterocycles. The minimum Gasteiger partial charge on any atom is -0.496 e. The number of rotatable bonds is 18. The van der Waals surface area contributed by atoms with Gasteiger partial charge in [0.25, 0.3) is 23.6 Å². The number of halogens is 1. The van der Waals surface area contributed by atoms with Crippen LogP contribution in [0.5, 0.6) is 5.75 Å². The third-order valence-corrected chi connectivity index (χ3v) is 27.2. The molecule has 0 atom stereocenters. The molecule has 18 nitrogen and oxygen atoms in total. The summed E-state index contributed by atoms with van der Waals surface area (Å²) in [6.45, 7) is 48.7. The van der Waals surface area contributed by atoms with Crippen LogP contribution in [0.2, 0.25) is 0 Å². The number of hydrogen-bond donors (Lipinski definition) is 0. The fourth-order valence-electron chi connectivity index (χ4n) is 14.8. The molecule has 9 aromatic carbocycles. The molecule has 0 radical (unpaired) electrons. The number of hydrogen-bond acceptors (Lipinski definition) is 12. The molecule has 21 heteroatoms. The summed E-state index contributed by atoms with van der Waals surface area (Å²) in [6.07, 6.45) is 6.99. The number of nitrogens with zero attached hydrogens (tertiary/aromatic N) is 7. The highest BCUT2D eigenvalue weighted by Crippen LogP contribution is 2.31. The number of ether oxygens (including phenoxy) is 3. The minimum absolute atomic E-state index is 0.0558. The molecular formula is C110H154FN7O11S2. The Labute approximate surface area is 787 Å². The number of piperidine rings is 1. The zero-order valence-corrected chi connectivity index (χ0v) is 84.6. The second-order valence-electron chi connectivity index (χ2n) is 37.0. The van der Waals surface area contributed by atoms with Gasteiger partial charge in [0, 0.05) is 115 Å². The van der Waals surface area contributed by atoms with Crippen LogP contribution < -0.4 is 13.9 Å². The molecule has 5 aliphatic rings. The molecule has 0 N–H and O–H groups in total. The van der Waals surface area contributed by atoms with Crippen LogP contribution in [-0.2, 0) is 29.5 Å².